The van der Waals surface area contributed by atoms with Gasteiger partial charge in [0.1, 0.15) is 29.2 Å². The molecule has 3 aromatic carbocycles. The summed E-state index contributed by atoms with van der Waals surface area (Å²) in [5.41, 5.74) is 3.92. The minimum Gasteiger partial charge on any atom is -0.497 e. The van der Waals surface area contributed by atoms with Gasteiger partial charge in [0.25, 0.3) is 6.01 Å². The molecule has 9 heteroatoms. The average Bonchev–Trinajstić information content (AvgIpc) is 3.49. The molecule has 41 heavy (non-hydrogen) atoms. The molecule has 0 aliphatic rings. The second-order valence-corrected chi connectivity index (χ2v) is 9.25. The van der Waals surface area contributed by atoms with Gasteiger partial charge in [-0.25, -0.2) is 0 Å². The molecule has 0 aliphatic carbocycles. The Morgan fingerprint density at radius 1 is 0.610 bits per heavy atom. The number of rotatable bonds is 18. The summed E-state index contributed by atoms with van der Waals surface area (Å²) in [4.78, 5) is 6.76. The fourth-order valence-corrected chi connectivity index (χ4v) is 4.15. The number of hydrogen-bond acceptors (Lipinski definition) is 9. The van der Waals surface area contributed by atoms with Gasteiger partial charge in [0.05, 0.1) is 61.0 Å². The van der Waals surface area contributed by atoms with Gasteiger partial charge in [-0.15, -0.1) is 0 Å². The number of methoxy groups -OCH3 is 3. The molecule has 0 amide bonds. The maximum atomic E-state index is 5.87. The molecule has 0 saturated carbocycles. The Kier molecular flexibility index (Phi) is 11.9. The fraction of sp³-hybridized carbons (Fsp3) is 0.344. The van der Waals surface area contributed by atoms with E-state index in [2.05, 4.69) is 22.0 Å². The minimum absolute atomic E-state index is 0.325. The molecule has 0 bridgehead atoms. The van der Waals surface area contributed by atoms with E-state index in [4.69, 9.17) is 32.8 Å². The Hall–Kier alpha value is -4.05. The van der Waals surface area contributed by atoms with Crippen LogP contribution in [-0.2, 0) is 40.5 Å². The first-order valence-corrected chi connectivity index (χ1v) is 13.5. The number of anilines is 1. The molecular weight excluding hydrogens is 524 g/mol. The molecule has 4 rings (SSSR count). The van der Waals surface area contributed by atoms with Crippen molar-refractivity contribution in [3.63, 3.8) is 0 Å². The first-order valence-electron chi connectivity index (χ1n) is 13.5. The van der Waals surface area contributed by atoms with E-state index in [1.54, 1.807) is 27.6 Å². The molecule has 218 valence electrons. The summed E-state index contributed by atoms with van der Waals surface area (Å²) >= 11 is 0. The highest BCUT2D eigenvalue weighted by atomic mass is 16.5. The molecule has 4 aromatic rings. The third-order valence-corrected chi connectivity index (χ3v) is 6.22. The third-order valence-electron chi connectivity index (χ3n) is 6.22. The molecule has 0 atom stereocenters. The molecule has 0 radical (unpaired) electrons. The number of oxazole rings is 1. The number of benzene rings is 3. The van der Waals surface area contributed by atoms with Crippen LogP contribution in [0.15, 0.2) is 83.5 Å². The first kappa shape index (κ1) is 29.9. The summed E-state index contributed by atoms with van der Waals surface area (Å²) in [5.74, 6) is 2.42. The Morgan fingerprint density at radius 2 is 1.10 bits per heavy atom. The lowest BCUT2D eigenvalue weighted by molar-refractivity contribution is 0.00650. The van der Waals surface area contributed by atoms with E-state index in [1.165, 1.54) is 0 Å². The summed E-state index contributed by atoms with van der Waals surface area (Å²) < 4.78 is 39.0. The van der Waals surface area contributed by atoms with Crippen LogP contribution in [0.5, 0.6) is 17.2 Å². The van der Waals surface area contributed by atoms with Crippen LogP contribution in [-0.4, -0.2) is 52.7 Å². The zero-order valence-corrected chi connectivity index (χ0v) is 23.9. The van der Waals surface area contributed by atoms with E-state index in [9.17, 15) is 0 Å². The van der Waals surface area contributed by atoms with Crippen LogP contribution in [0.1, 0.15) is 22.4 Å². The molecule has 0 unspecified atom stereocenters. The topological polar surface area (TPSA) is 84.7 Å². The van der Waals surface area contributed by atoms with E-state index in [0.717, 1.165) is 33.9 Å². The van der Waals surface area contributed by atoms with Crippen molar-refractivity contribution in [3.05, 3.63) is 101 Å². The van der Waals surface area contributed by atoms with E-state index in [-0.39, 0.29) is 0 Å². The van der Waals surface area contributed by atoms with Gasteiger partial charge in [-0.1, -0.05) is 36.4 Å². The van der Waals surface area contributed by atoms with Crippen LogP contribution >= 0.6 is 0 Å². The highest BCUT2D eigenvalue weighted by Crippen LogP contribution is 2.23. The zero-order chi connectivity index (χ0) is 28.7. The predicted octanol–water partition coefficient (Wildman–Crippen LogP) is 5.66. The highest BCUT2D eigenvalue weighted by molar-refractivity contribution is 5.37. The summed E-state index contributed by atoms with van der Waals surface area (Å²) in [6, 6.07) is 24.3. The van der Waals surface area contributed by atoms with Crippen LogP contribution < -0.4 is 19.1 Å². The van der Waals surface area contributed by atoms with Gasteiger partial charge in [-0.3, -0.25) is 0 Å². The lowest BCUT2D eigenvalue weighted by Crippen LogP contribution is -2.22. The SMILES string of the molecule is COc1cccc(COCCOCCOCc2coc(N(Cc3cccc(OC)c3)Cc3cccc(OC)c3)n2)c1. The van der Waals surface area contributed by atoms with Crippen molar-refractivity contribution in [3.8, 4) is 17.2 Å². The summed E-state index contributed by atoms with van der Waals surface area (Å²) in [6.45, 7) is 3.90. The van der Waals surface area contributed by atoms with E-state index in [1.807, 2.05) is 60.7 Å². The van der Waals surface area contributed by atoms with Gasteiger partial charge in [-0.05, 0) is 53.1 Å². The van der Waals surface area contributed by atoms with Crippen LogP contribution in [0.25, 0.3) is 0 Å². The molecular formula is C32H38N2O7. The van der Waals surface area contributed by atoms with Gasteiger partial charge in [0, 0.05) is 13.1 Å². The maximum absolute atomic E-state index is 5.87. The van der Waals surface area contributed by atoms with Crippen molar-refractivity contribution in [2.24, 2.45) is 0 Å². The number of hydrogen-bond donors (Lipinski definition) is 0. The van der Waals surface area contributed by atoms with Crippen molar-refractivity contribution >= 4 is 6.01 Å². The number of ether oxygens (including phenoxy) is 6. The van der Waals surface area contributed by atoms with E-state index in [0.29, 0.717) is 64.4 Å². The molecule has 9 nitrogen and oxygen atoms in total. The quantitative estimate of drug-likeness (QED) is 0.143. The standard InChI is InChI=1S/C32H38N2O7/c1-35-29-10-4-7-25(17-29)20-34(21-26-8-5-11-30(18-26)36-2)32-33-28(24-41-32)23-40-16-14-38-13-15-39-22-27-9-6-12-31(19-27)37-3/h4-12,17-19,24H,13-16,20-23H2,1-3H3. The smallest absolute Gasteiger partial charge is 0.298 e. The van der Waals surface area contributed by atoms with Crippen LogP contribution in [0.3, 0.4) is 0 Å². The Morgan fingerprint density at radius 3 is 1.66 bits per heavy atom. The molecule has 1 aromatic heterocycles. The van der Waals surface area contributed by atoms with Gasteiger partial charge in [0.2, 0.25) is 0 Å². The highest BCUT2D eigenvalue weighted by Gasteiger charge is 2.16. The molecule has 0 spiro atoms. The monoisotopic (exact) mass is 562 g/mol. The summed E-state index contributed by atoms with van der Waals surface area (Å²) in [5, 5.41) is 0. The van der Waals surface area contributed by atoms with Crippen molar-refractivity contribution in [2.75, 3.05) is 52.7 Å². The first-order chi connectivity index (χ1) is 20.2. The van der Waals surface area contributed by atoms with Crippen molar-refractivity contribution in [1.29, 1.82) is 0 Å². The molecule has 0 N–H and O–H groups in total. The molecule has 0 aliphatic heterocycles. The third kappa shape index (κ3) is 9.82. The lowest BCUT2D eigenvalue weighted by Gasteiger charge is -2.21. The predicted molar refractivity (Wildman–Crippen MR) is 156 cm³/mol. The van der Waals surface area contributed by atoms with Crippen LogP contribution in [0, 0.1) is 0 Å². The van der Waals surface area contributed by atoms with E-state index < -0.39 is 0 Å². The Bertz CT molecular complexity index is 1280. The summed E-state index contributed by atoms with van der Waals surface area (Å²) in [6.07, 6.45) is 1.63. The number of aromatic nitrogens is 1. The normalized spacial score (nSPS) is 10.9. The van der Waals surface area contributed by atoms with Crippen molar-refractivity contribution < 1.29 is 32.8 Å². The molecule has 0 saturated heterocycles. The van der Waals surface area contributed by atoms with Gasteiger partial charge in [-0.2, -0.15) is 4.98 Å². The molecule has 0 fully saturated rings. The van der Waals surface area contributed by atoms with Crippen LogP contribution in [0.4, 0.5) is 6.01 Å². The lowest BCUT2D eigenvalue weighted by atomic mass is 10.1. The van der Waals surface area contributed by atoms with Crippen LogP contribution in [0.2, 0.25) is 0 Å². The second-order valence-electron chi connectivity index (χ2n) is 9.25. The van der Waals surface area contributed by atoms with Crippen molar-refractivity contribution in [2.45, 2.75) is 26.3 Å². The van der Waals surface area contributed by atoms with Gasteiger partial charge >= 0.3 is 0 Å². The van der Waals surface area contributed by atoms with Crippen molar-refractivity contribution in [1.82, 2.24) is 4.98 Å². The zero-order valence-electron chi connectivity index (χ0n) is 23.9. The Balaban J connectivity index is 1.22. The van der Waals surface area contributed by atoms with Gasteiger partial charge < -0.3 is 37.7 Å². The second kappa shape index (κ2) is 16.3. The summed E-state index contributed by atoms with van der Waals surface area (Å²) in [7, 11) is 4.98. The largest absolute Gasteiger partial charge is 0.497 e. The van der Waals surface area contributed by atoms with Gasteiger partial charge in [0.15, 0.2) is 0 Å². The molecule has 1 heterocycles. The minimum atomic E-state index is 0.325. The number of nitrogens with zero attached hydrogens (tertiary/aromatic N) is 2. The van der Waals surface area contributed by atoms with E-state index >= 15 is 0 Å². The average molecular weight is 563 g/mol. The maximum Gasteiger partial charge on any atom is 0.298 e. The fourth-order valence-electron chi connectivity index (χ4n) is 4.15. The Labute approximate surface area is 241 Å².